The molecule has 122 valence electrons. The zero-order valence-electron chi connectivity index (χ0n) is 13.3. The molecule has 4 nitrogen and oxygen atoms in total. The van der Waals surface area contributed by atoms with Gasteiger partial charge in [-0.05, 0) is 55.8 Å². The fourth-order valence-electron chi connectivity index (χ4n) is 2.00. The van der Waals surface area contributed by atoms with E-state index in [2.05, 4.69) is 5.32 Å². The SMILES string of the molecule is CCOc1ccc(OCCC(=O)Nc2cc(F)ccc2C)cc1. The highest BCUT2D eigenvalue weighted by Crippen LogP contribution is 2.18. The molecule has 0 aromatic heterocycles. The minimum atomic E-state index is -0.378. The molecular formula is C18H20FNO3. The molecule has 0 heterocycles. The van der Waals surface area contributed by atoms with Gasteiger partial charge in [0.1, 0.15) is 17.3 Å². The maximum absolute atomic E-state index is 13.2. The molecule has 2 aromatic carbocycles. The summed E-state index contributed by atoms with van der Waals surface area (Å²) < 4.78 is 24.0. The highest BCUT2D eigenvalue weighted by Gasteiger charge is 2.06. The van der Waals surface area contributed by atoms with Crippen LogP contribution in [0.25, 0.3) is 0 Å². The highest BCUT2D eigenvalue weighted by atomic mass is 19.1. The van der Waals surface area contributed by atoms with Crippen molar-refractivity contribution in [3.05, 3.63) is 53.8 Å². The predicted octanol–water partition coefficient (Wildman–Crippen LogP) is 3.94. The molecule has 0 spiro atoms. The summed E-state index contributed by atoms with van der Waals surface area (Å²) in [6, 6.07) is 11.5. The second-order valence-electron chi connectivity index (χ2n) is 5.01. The van der Waals surface area contributed by atoms with Gasteiger partial charge in [-0.15, -0.1) is 0 Å². The van der Waals surface area contributed by atoms with E-state index < -0.39 is 0 Å². The third-order valence-corrected chi connectivity index (χ3v) is 3.21. The summed E-state index contributed by atoms with van der Waals surface area (Å²) in [5.74, 6) is 0.850. The number of anilines is 1. The van der Waals surface area contributed by atoms with E-state index in [9.17, 15) is 9.18 Å². The van der Waals surface area contributed by atoms with Crippen LogP contribution < -0.4 is 14.8 Å². The number of hydrogen-bond acceptors (Lipinski definition) is 3. The van der Waals surface area contributed by atoms with Crippen LogP contribution in [0, 0.1) is 12.7 Å². The summed E-state index contributed by atoms with van der Waals surface area (Å²) in [4.78, 5) is 11.9. The van der Waals surface area contributed by atoms with Gasteiger partial charge in [0.2, 0.25) is 5.91 Å². The summed E-state index contributed by atoms with van der Waals surface area (Å²) in [6.45, 7) is 4.59. The average Bonchev–Trinajstić information content (AvgIpc) is 2.53. The molecule has 0 aliphatic heterocycles. The van der Waals surface area contributed by atoms with E-state index in [0.717, 1.165) is 11.3 Å². The van der Waals surface area contributed by atoms with Crippen molar-refractivity contribution in [3.63, 3.8) is 0 Å². The van der Waals surface area contributed by atoms with Crippen LogP contribution in [-0.2, 0) is 4.79 Å². The molecular weight excluding hydrogens is 297 g/mol. The number of benzene rings is 2. The normalized spacial score (nSPS) is 10.2. The monoisotopic (exact) mass is 317 g/mol. The molecule has 2 rings (SSSR count). The fourth-order valence-corrected chi connectivity index (χ4v) is 2.00. The number of carbonyl (C=O) groups excluding carboxylic acids is 1. The van der Waals surface area contributed by atoms with Crippen molar-refractivity contribution in [1.29, 1.82) is 0 Å². The van der Waals surface area contributed by atoms with Gasteiger partial charge in [-0.25, -0.2) is 4.39 Å². The molecule has 1 amide bonds. The van der Waals surface area contributed by atoms with Gasteiger partial charge >= 0.3 is 0 Å². The molecule has 1 N–H and O–H groups in total. The highest BCUT2D eigenvalue weighted by molar-refractivity contribution is 5.91. The van der Waals surface area contributed by atoms with Gasteiger partial charge in [-0.1, -0.05) is 6.07 Å². The summed E-state index contributed by atoms with van der Waals surface area (Å²) in [5.41, 5.74) is 1.29. The molecule has 0 aliphatic rings. The predicted molar refractivity (Wildman–Crippen MR) is 87.5 cm³/mol. The number of hydrogen-bond donors (Lipinski definition) is 1. The molecule has 0 saturated carbocycles. The summed E-state index contributed by atoms with van der Waals surface area (Å²) in [5, 5.41) is 2.68. The molecule has 0 atom stereocenters. The van der Waals surface area contributed by atoms with Crippen molar-refractivity contribution in [3.8, 4) is 11.5 Å². The van der Waals surface area contributed by atoms with Gasteiger partial charge in [0, 0.05) is 5.69 Å². The lowest BCUT2D eigenvalue weighted by atomic mass is 10.2. The first-order chi connectivity index (χ1) is 11.1. The molecule has 5 heteroatoms. The lowest BCUT2D eigenvalue weighted by Crippen LogP contribution is -2.16. The van der Waals surface area contributed by atoms with Crippen LogP contribution in [0.3, 0.4) is 0 Å². The van der Waals surface area contributed by atoms with E-state index in [4.69, 9.17) is 9.47 Å². The van der Waals surface area contributed by atoms with Gasteiger partial charge in [0.15, 0.2) is 0 Å². The van der Waals surface area contributed by atoms with Gasteiger partial charge < -0.3 is 14.8 Å². The Hall–Kier alpha value is -2.56. The maximum Gasteiger partial charge on any atom is 0.227 e. The zero-order chi connectivity index (χ0) is 16.7. The summed E-state index contributed by atoms with van der Waals surface area (Å²) >= 11 is 0. The molecule has 0 radical (unpaired) electrons. The lowest BCUT2D eigenvalue weighted by molar-refractivity contribution is -0.116. The standard InChI is InChI=1S/C18H20FNO3/c1-3-22-15-6-8-16(9-7-15)23-11-10-18(21)20-17-12-14(19)5-4-13(17)2/h4-9,12H,3,10-11H2,1-2H3,(H,20,21). The first kappa shape index (κ1) is 16.8. The molecule has 2 aromatic rings. The zero-order valence-corrected chi connectivity index (χ0v) is 13.3. The van der Waals surface area contributed by atoms with E-state index in [1.165, 1.54) is 12.1 Å². The molecule has 0 aliphatic carbocycles. The Kier molecular flexibility index (Phi) is 5.97. The smallest absolute Gasteiger partial charge is 0.227 e. The Morgan fingerprint density at radius 1 is 1.09 bits per heavy atom. The van der Waals surface area contributed by atoms with Gasteiger partial charge in [0.05, 0.1) is 19.6 Å². The van der Waals surface area contributed by atoms with Crippen LogP contribution in [0.15, 0.2) is 42.5 Å². The van der Waals surface area contributed by atoms with Crippen LogP contribution in [0.5, 0.6) is 11.5 Å². The van der Waals surface area contributed by atoms with Gasteiger partial charge in [0.25, 0.3) is 0 Å². The lowest BCUT2D eigenvalue weighted by Gasteiger charge is -2.10. The molecule has 23 heavy (non-hydrogen) atoms. The van der Waals surface area contributed by atoms with Crippen LogP contribution in [0.2, 0.25) is 0 Å². The average molecular weight is 317 g/mol. The minimum absolute atomic E-state index is 0.184. The van der Waals surface area contributed by atoms with Gasteiger partial charge in [-0.2, -0.15) is 0 Å². The number of nitrogens with one attached hydrogen (secondary N) is 1. The van der Waals surface area contributed by atoms with E-state index >= 15 is 0 Å². The van der Waals surface area contributed by atoms with Crippen molar-refractivity contribution < 1.29 is 18.7 Å². The second kappa shape index (κ2) is 8.17. The molecule has 0 saturated heterocycles. The van der Waals surface area contributed by atoms with Crippen LogP contribution in [-0.4, -0.2) is 19.1 Å². The Morgan fingerprint density at radius 3 is 2.39 bits per heavy atom. The Bertz CT molecular complexity index is 656. The Labute approximate surface area is 135 Å². The number of aryl methyl sites for hydroxylation is 1. The van der Waals surface area contributed by atoms with Crippen LogP contribution in [0.1, 0.15) is 18.9 Å². The summed E-state index contributed by atoms with van der Waals surface area (Å²) in [6.07, 6.45) is 0.184. The molecule has 0 fully saturated rings. The number of rotatable bonds is 7. The number of amides is 1. The van der Waals surface area contributed by atoms with E-state index in [0.29, 0.717) is 18.0 Å². The fraction of sp³-hybridized carbons (Fsp3) is 0.278. The Morgan fingerprint density at radius 2 is 1.74 bits per heavy atom. The second-order valence-corrected chi connectivity index (χ2v) is 5.01. The van der Waals surface area contributed by atoms with E-state index in [1.807, 2.05) is 26.0 Å². The Balaban J connectivity index is 1.79. The van der Waals surface area contributed by atoms with Gasteiger partial charge in [-0.3, -0.25) is 4.79 Å². The summed E-state index contributed by atoms with van der Waals surface area (Å²) in [7, 11) is 0. The van der Waals surface area contributed by atoms with E-state index in [-0.39, 0.29) is 24.8 Å². The topological polar surface area (TPSA) is 47.6 Å². The van der Waals surface area contributed by atoms with Crippen molar-refractivity contribution in [1.82, 2.24) is 0 Å². The third-order valence-electron chi connectivity index (χ3n) is 3.21. The molecule has 0 unspecified atom stereocenters. The van der Waals surface area contributed by atoms with Crippen molar-refractivity contribution >= 4 is 11.6 Å². The number of halogens is 1. The largest absolute Gasteiger partial charge is 0.494 e. The minimum Gasteiger partial charge on any atom is -0.494 e. The van der Waals surface area contributed by atoms with E-state index in [1.54, 1.807) is 18.2 Å². The van der Waals surface area contributed by atoms with Crippen molar-refractivity contribution in [2.45, 2.75) is 20.3 Å². The number of carbonyl (C=O) groups is 1. The maximum atomic E-state index is 13.2. The first-order valence-electron chi connectivity index (χ1n) is 7.50. The molecule has 0 bridgehead atoms. The quantitative estimate of drug-likeness (QED) is 0.841. The van der Waals surface area contributed by atoms with Crippen LogP contribution >= 0.6 is 0 Å². The van der Waals surface area contributed by atoms with Crippen LogP contribution in [0.4, 0.5) is 10.1 Å². The van der Waals surface area contributed by atoms with Crippen molar-refractivity contribution in [2.75, 3.05) is 18.5 Å². The first-order valence-corrected chi connectivity index (χ1v) is 7.50. The van der Waals surface area contributed by atoms with Crippen molar-refractivity contribution in [2.24, 2.45) is 0 Å². The third kappa shape index (κ3) is 5.29. The number of ether oxygens (including phenoxy) is 2.